The molecule has 5 heteroatoms. The van der Waals surface area contributed by atoms with Crippen molar-refractivity contribution in [2.75, 3.05) is 23.9 Å². The van der Waals surface area contributed by atoms with Gasteiger partial charge >= 0.3 is 0 Å². The van der Waals surface area contributed by atoms with Crippen LogP contribution in [-0.4, -0.2) is 25.9 Å². The van der Waals surface area contributed by atoms with Crippen LogP contribution in [0.25, 0.3) is 11.1 Å². The van der Waals surface area contributed by atoms with E-state index in [1.165, 1.54) is 0 Å². The predicted octanol–water partition coefficient (Wildman–Crippen LogP) is 4.88. The van der Waals surface area contributed by atoms with Gasteiger partial charge < -0.3 is 14.5 Å². The predicted molar refractivity (Wildman–Crippen MR) is 135 cm³/mol. The summed E-state index contributed by atoms with van der Waals surface area (Å²) in [4.78, 5) is 32.1. The molecule has 0 aromatic heterocycles. The number of hydrogen-bond donors (Lipinski definition) is 0. The van der Waals surface area contributed by atoms with Gasteiger partial charge in [0.25, 0.3) is 5.91 Å². The molecule has 35 heavy (non-hydrogen) atoms. The van der Waals surface area contributed by atoms with E-state index in [1.807, 2.05) is 97.1 Å². The minimum atomic E-state index is -1.55. The molecule has 3 aliphatic rings. The van der Waals surface area contributed by atoms with Crippen molar-refractivity contribution >= 4 is 23.2 Å². The van der Waals surface area contributed by atoms with Crippen LogP contribution in [0.4, 0.5) is 11.4 Å². The molecule has 0 radical (unpaired) electrons. The molecule has 0 fully saturated rings. The van der Waals surface area contributed by atoms with E-state index in [4.69, 9.17) is 4.74 Å². The number of likely N-dealkylation sites (N-methyl/N-ethyl adjacent to an activating group) is 2. The number of benzene rings is 4. The van der Waals surface area contributed by atoms with Crippen LogP contribution >= 0.6 is 0 Å². The summed E-state index contributed by atoms with van der Waals surface area (Å²) in [5.41, 5.74) is 2.69. The molecular formula is C30H22N2O3. The molecule has 2 atom stereocenters. The fraction of sp³-hybridized carbons (Fsp3) is 0.133. The molecule has 170 valence electrons. The molecule has 4 aromatic carbocycles. The number of carbonyl (C=O) groups excluding carboxylic acids is 2. The molecule has 3 aliphatic heterocycles. The number of nitrogens with zero attached hydrogens (tertiary/aromatic N) is 2. The zero-order valence-corrected chi connectivity index (χ0v) is 19.4. The maximum Gasteiger partial charge on any atom is 0.277 e. The Morgan fingerprint density at radius 2 is 1.17 bits per heavy atom. The van der Waals surface area contributed by atoms with Gasteiger partial charge in [0.15, 0.2) is 5.41 Å². The van der Waals surface area contributed by atoms with E-state index >= 15 is 0 Å². The molecule has 0 aliphatic carbocycles. The number of fused-ring (bicyclic) bond motifs is 7. The van der Waals surface area contributed by atoms with E-state index in [1.54, 1.807) is 23.9 Å². The Kier molecular flexibility index (Phi) is 3.78. The quantitative estimate of drug-likeness (QED) is 0.409. The van der Waals surface area contributed by atoms with Crippen LogP contribution in [0.5, 0.6) is 5.75 Å². The molecule has 0 bridgehead atoms. The van der Waals surface area contributed by atoms with E-state index in [2.05, 4.69) is 0 Å². The number of carbonyl (C=O) groups is 2. The minimum Gasteiger partial charge on any atom is -0.470 e. The zero-order chi connectivity index (χ0) is 23.9. The summed E-state index contributed by atoms with van der Waals surface area (Å²) >= 11 is 0. The fourth-order valence-electron chi connectivity index (χ4n) is 6.35. The Labute approximate surface area is 203 Å². The second-order valence-electron chi connectivity index (χ2n) is 9.34. The Morgan fingerprint density at radius 1 is 0.600 bits per heavy atom. The maximum atomic E-state index is 14.5. The van der Waals surface area contributed by atoms with Crippen LogP contribution in [0.1, 0.15) is 16.7 Å². The Morgan fingerprint density at radius 3 is 1.91 bits per heavy atom. The highest BCUT2D eigenvalue weighted by Crippen LogP contribution is 2.67. The van der Waals surface area contributed by atoms with E-state index in [-0.39, 0.29) is 11.8 Å². The summed E-state index contributed by atoms with van der Waals surface area (Å²) in [7, 11) is 3.53. The number of hydrogen-bond acceptors (Lipinski definition) is 3. The zero-order valence-electron chi connectivity index (χ0n) is 19.4. The lowest BCUT2D eigenvalue weighted by atomic mass is 9.62. The van der Waals surface area contributed by atoms with Gasteiger partial charge in [0.1, 0.15) is 5.75 Å². The highest BCUT2D eigenvalue weighted by Gasteiger charge is 2.77. The Balaban J connectivity index is 1.66. The van der Waals surface area contributed by atoms with Crippen LogP contribution < -0.4 is 14.5 Å². The van der Waals surface area contributed by atoms with Gasteiger partial charge in [-0.1, -0.05) is 84.9 Å². The first-order valence-electron chi connectivity index (χ1n) is 11.7. The van der Waals surface area contributed by atoms with E-state index < -0.39 is 11.0 Å². The van der Waals surface area contributed by atoms with Gasteiger partial charge in [-0.15, -0.1) is 0 Å². The van der Waals surface area contributed by atoms with Crippen molar-refractivity contribution in [2.45, 2.75) is 11.0 Å². The lowest BCUT2D eigenvalue weighted by Gasteiger charge is -2.37. The first kappa shape index (κ1) is 20.0. The number of anilines is 2. The number of amides is 2. The Bertz CT molecular complexity index is 1560. The van der Waals surface area contributed by atoms with Crippen LogP contribution in [-0.2, 0) is 20.6 Å². The van der Waals surface area contributed by atoms with Gasteiger partial charge in [0, 0.05) is 42.0 Å². The number of ether oxygens (including phenoxy) is 1. The second kappa shape index (κ2) is 6.60. The summed E-state index contributed by atoms with van der Waals surface area (Å²) in [5, 5.41) is 0. The van der Waals surface area contributed by atoms with Gasteiger partial charge in [-0.3, -0.25) is 9.59 Å². The largest absolute Gasteiger partial charge is 0.470 e. The molecule has 2 spiro atoms. The van der Waals surface area contributed by atoms with Crippen LogP contribution in [0.15, 0.2) is 97.1 Å². The summed E-state index contributed by atoms with van der Waals surface area (Å²) in [5.74, 6) is 0.170. The summed E-state index contributed by atoms with van der Waals surface area (Å²) < 4.78 is 6.92. The van der Waals surface area contributed by atoms with Crippen LogP contribution in [0.2, 0.25) is 0 Å². The third-order valence-corrected chi connectivity index (χ3v) is 7.83. The minimum absolute atomic E-state index is 0.166. The molecule has 0 saturated carbocycles. The lowest BCUT2D eigenvalue weighted by Crippen LogP contribution is -2.59. The Hall–Kier alpha value is -4.38. The van der Waals surface area contributed by atoms with Crippen LogP contribution in [0.3, 0.4) is 0 Å². The van der Waals surface area contributed by atoms with Crippen molar-refractivity contribution in [3.63, 3.8) is 0 Å². The summed E-state index contributed by atoms with van der Waals surface area (Å²) in [6.45, 7) is 0. The second-order valence-corrected chi connectivity index (χ2v) is 9.34. The van der Waals surface area contributed by atoms with Crippen LogP contribution in [0, 0.1) is 0 Å². The van der Waals surface area contributed by atoms with Crippen molar-refractivity contribution in [1.82, 2.24) is 0 Å². The molecule has 5 nitrogen and oxygen atoms in total. The van der Waals surface area contributed by atoms with Crippen molar-refractivity contribution < 1.29 is 14.3 Å². The molecule has 3 heterocycles. The van der Waals surface area contributed by atoms with Crippen molar-refractivity contribution in [2.24, 2.45) is 0 Å². The van der Waals surface area contributed by atoms with E-state index in [9.17, 15) is 9.59 Å². The molecule has 0 N–H and O–H groups in total. The van der Waals surface area contributed by atoms with E-state index in [0.29, 0.717) is 11.3 Å². The number of rotatable bonds is 1. The lowest BCUT2D eigenvalue weighted by molar-refractivity contribution is -0.142. The molecule has 7 rings (SSSR count). The topological polar surface area (TPSA) is 49.9 Å². The molecule has 2 amide bonds. The summed E-state index contributed by atoms with van der Waals surface area (Å²) in [6, 6.07) is 31.2. The van der Waals surface area contributed by atoms with Gasteiger partial charge in [-0.05, 0) is 17.7 Å². The van der Waals surface area contributed by atoms with Gasteiger partial charge in [0.05, 0.1) is 5.69 Å². The smallest absolute Gasteiger partial charge is 0.277 e. The van der Waals surface area contributed by atoms with Crippen molar-refractivity contribution in [3.05, 3.63) is 114 Å². The average Bonchev–Trinajstić information content (AvgIpc) is 3.43. The maximum absolute atomic E-state index is 14.5. The molecule has 0 saturated heterocycles. The van der Waals surface area contributed by atoms with Gasteiger partial charge in [-0.2, -0.15) is 0 Å². The third kappa shape index (κ3) is 2.10. The normalized spacial score (nSPS) is 23.6. The average molecular weight is 459 g/mol. The van der Waals surface area contributed by atoms with Gasteiger partial charge in [-0.25, -0.2) is 0 Å². The number of para-hydroxylation sites is 3. The van der Waals surface area contributed by atoms with Crippen molar-refractivity contribution in [3.8, 4) is 16.9 Å². The first-order valence-corrected chi connectivity index (χ1v) is 11.7. The highest BCUT2D eigenvalue weighted by molar-refractivity contribution is 6.21. The highest BCUT2D eigenvalue weighted by atomic mass is 16.5. The fourth-order valence-corrected chi connectivity index (χ4v) is 6.35. The van der Waals surface area contributed by atoms with Crippen molar-refractivity contribution in [1.29, 1.82) is 0 Å². The summed E-state index contributed by atoms with van der Waals surface area (Å²) in [6.07, 6.45) is 0. The molecule has 4 aromatic rings. The molecular weight excluding hydrogens is 436 g/mol. The first-order chi connectivity index (χ1) is 17.0. The van der Waals surface area contributed by atoms with E-state index in [0.717, 1.165) is 33.6 Å². The third-order valence-electron chi connectivity index (χ3n) is 7.83. The standard InChI is InChI=1S/C30H22N2O3/c1-31-24-17-8-6-14-21(24)29(27(31)33)23-16-10-13-20(19-11-4-3-5-12-19)26(23)35-30(29)22-15-7-9-18-25(22)32(2)28(30)34/h3-18H,1-2H3. The molecule has 2 unspecified atom stereocenters. The SMILES string of the molecule is CN1C(=O)C2(Oc3c(-c4ccccc4)cccc3C23C(=O)N(C)c2ccccc23)c2ccccc21. The monoisotopic (exact) mass is 458 g/mol. The van der Waals surface area contributed by atoms with Gasteiger partial charge in [0.2, 0.25) is 11.5 Å².